The van der Waals surface area contributed by atoms with Crippen LogP contribution in [0.1, 0.15) is 37.6 Å². The van der Waals surface area contributed by atoms with Crippen molar-refractivity contribution in [3.63, 3.8) is 0 Å². The van der Waals surface area contributed by atoms with Gasteiger partial charge in [-0.25, -0.2) is 9.78 Å². The molecule has 1 saturated carbocycles. The van der Waals surface area contributed by atoms with Crippen LogP contribution in [0.3, 0.4) is 0 Å². The van der Waals surface area contributed by atoms with E-state index >= 15 is 0 Å². The molecule has 2 aliphatic rings. The van der Waals surface area contributed by atoms with Crippen molar-refractivity contribution in [2.75, 3.05) is 0 Å². The van der Waals surface area contributed by atoms with Gasteiger partial charge in [0.1, 0.15) is 17.7 Å². The number of amides is 2. The maximum absolute atomic E-state index is 12.6. The lowest BCUT2D eigenvalue weighted by atomic mass is 9.81. The maximum Gasteiger partial charge on any atom is 0.329 e. The highest BCUT2D eigenvalue weighted by molar-refractivity contribution is 7.18. The van der Waals surface area contributed by atoms with Crippen LogP contribution in [0.5, 0.6) is 0 Å². The molecule has 3 atom stereocenters. The summed E-state index contributed by atoms with van der Waals surface area (Å²) in [6, 6.07) is 6.81. The van der Waals surface area contributed by atoms with Gasteiger partial charge in [-0.2, -0.15) is 0 Å². The largest absolute Gasteiger partial charge is 0.457 e. The number of nitrogens with zero attached hydrogens (tertiary/aromatic N) is 2. The van der Waals surface area contributed by atoms with Crippen molar-refractivity contribution in [1.82, 2.24) is 9.88 Å². The van der Waals surface area contributed by atoms with Gasteiger partial charge in [0.15, 0.2) is 0 Å². The molecule has 1 aliphatic heterocycles. The van der Waals surface area contributed by atoms with E-state index in [9.17, 15) is 14.4 Å². The number of ether oxygens (including phenoxy) is 1. The maximum atomic E-state index is 12.6. The summed E-state index contributed by atoms with van der Waals surface area (Å²) >= 11 is 1.46. The Bertz CT molecular complexity index is 820. The van der Waals surface area contributed by atoms with Crippen LogP contribution in [0.25, 0.3) is 10.2 Å². The molecule has 2 heterocycles. The number of hydrogen-bond acceptors (Lipinski definition) is 6. The van der Waals surface area contributed by atoms with E-state index in [0.29, 0.717) is 5.01 Å². The zero-order valence-electron chi connectivity index (χ0n) is 14.5. The number of hydrogen-bond donors (Lipinski definition) is 0. The number of para-hydroxylation sites is 1. The van der Waals surface area contributed by atoms with Crippen molar-refractivity contribution in [2.45, 2.75) is 45.3 Å². The Balaban J connectivity index is 1.42. The van der Waals surface area contributed by atoms with Gasteiger partial charge in [0.05, 0.1) is 22.1 Å². The van der Waals surface area contributed by atoms with Crippen LogP contribution in [-0.4, -0.2) is 33.7 Å². The molecule has 4 rings (SSSR count). The van der Waals surface area contributed by atoms with Crippen molar-refractivity contribution < 1.29 is 19.1 Å². The molecule has 2 fully saturated rings. The molecule has 7 heteroatoms. The number of imide groups is 1. The predicted molar refractivity (Wildman–Crippen MR) is 96.2 cm³/mol. The van der Waals surface area contributed by atoms with Crippen molar-refractivity contribution in [3.8, 4) is 0 Å². The predicted octanol–water partition coefficient (Wildman–Crippen LogP) is 2.90. The Labute approximate surface area is 155 Å². The highest BCUT2D eigenvalue weighted by Crippen LogP contribution is 2.39. The molecule has 0 radical (unpaired) electrons. The van der Waals surface area contributed by atoms with E-state index in [1.807, 2.05) is 24.3 Å². The van der Waals surface area contributed by atoms with E-state index in [1.165, 1.54) is 11.3 Å². The SMILES string of the molecule is CC(C(=O)OCc1nc2ccccc2s1)N1C(=O)C2CCCCC2C1=O. The molecule has 2 amide bonds. The minimum Gasteiger partial charge on any atom is -0.457 e. The van der Waals surface area contributed by atoms with Crippen molar-refractivity contribution >= 4 is 39.3 Å². The molecular formula is C19H20N2O4S. The summed E-state index contributed by atoms with van der Waals surface area (Å²) in [5.74, 6) is -1.51. The normalized spacial score (nSPS) is 24.0. The van der Waals surface area contributed by atoms with Gasteiger partial charge >= 0.3 is 5.97 Å². The summed E-state index contributed by atoms with van der Waals surface area (Å²) in [6.45, 7) is 1.61. The lowest BCUT2D eigenvalue weighted by Crippen LogP contribution is -2.44. The van der Waals surface area contributed by atoms with Gasteiger partial charge in [-0.15, -0.1) is 11.3 Å². The second-order valence-corrected chi connectivity index (χ2v) is 8.02. The van der Waals surface area contributed by atoms with Crippen molar-refractivity contribution in [2.24, 2.45) is 11.8 Å². The molecule has 1 aliphatic carbocycles. The molecule has 26 heavy (non-hydrogen) atoms. The molecular weight excluding hydrogens is 352 g/mol. The van der Waals surface area contributed by atoms with Crippen LogP contribution >= 0.6 is 11.3 Å². The van der Waals surface area contributed by atoms with Crippen LogP contribution in [0.2, 0.25) is 0 Å². The number of carbonyl (C=O) groups excluding carboxylic acids is 3. The minimum atomic E-state index is -0.894. The molecule has 2 aromatic rings. The van der Waals surface area contributed by atoms with E-state index in [-0.39, 0.29) is 30.3 Å². The number of benzene rings is 1. The Morgan fingerprint density at radius 2 is 1.88 bits per heavy atom. The van der Waals surface area contributed by atoms with E-state index in [1.54, 1.807) is 6.92 Å². The Hall–Kier alpha value is -2.28. The quantitative estimate of drug-likeness (QED) is 0.609. The van der Waals surface area contributed by atoms with Crippen LogP contribution in [0, 0.1) is 11.8 Å². The summed E-state index contributed by atoms with van der Waals surface area (Å²) < 4.78 is 6.37. The van der Waals surface area contributed by atoms with Gasteiger partial charge in [0.2, 0.25) is 11.8 Å². The summed E-state index contributed by atoms with van der Waals surface area (Å²) in [5.41, 5.74) is 0.866. The van der Waals surface area contributed by atoms with Crippen molar-refractivity contribution in [3.05, 3.63) is 29.3 Å². The molecule has 6 nitrogen and oxygen atoms in total. The molecule has 3 unspecified atom stereocenters. The van der Waals surface area contributed by atoms with Crippen LogP contribution in [0.4, 0.5) is 0 Å². The Morgan fingerprint density at radius 1 is 1.23 bits per heavy atom. The first-order chi connectivity index (χ1) is 12.6. The van der Waals surface area contributed by atoms with Crippen molar-refractivity contribution in [1.29, 1.82) is 0 Å². The standard InChI is InChI=1S/C19H20N2O4S/c1-11(21-17(22)12-6-2-3-7-13(12)18(21)23)19(24)25-10-16-20-14-8-4-5-9-15(14)26-16/h4-5,8-9,11-13H,2-3,6-7,10H2,1H3. The first-order valence-electron chi connectivity index (χ1n) is 8.94. The molecule has 1 aromatic heterocycles. The smallest absolute Gasteiger partial charge is 0.329 e. The van der Waals surface area contributed by atoms with Crippen LogP contribution < -0.4 is 0 Å². The lowest BCUT2D eigenvalue weighted by Gasteiger charge is -2.21. The number of carbonyl (C=O) groups is 3. The first-order valence-corrected chi connectivity index (χ1v) is 9.76. The lowest BCUT2D eigenvalue weighted by molar-refractivity contribution is -0.159. The number of aromatic nitrogens is 1. The van der Waals surface area contributed by atoms with E-state index < -0.39 is 12.0 Å². The third-order valence-electron chi connectivity index (χ3n) is 5.28. The fourth-order valence-electron chi connectivity index (χ4n) is 3.91. The average Bonchev–Trinajstić information content (AvgIpc) is 3.18. The van der Waals surface area contributed by atoms with E-state index in [0.717, 1.165) is 40.8 Å². The topological polar surface area (TPSA) is 76.6 Å². The van der Waals surface area contributed by atoms with Gasteiger partial charge in [-0.3, -0.25) is 14.5 Å². The van der Waals surface area contributed by atoms with E-state index in [4.69, 9.17) is 4.74 Å². The molecule has 0 N–H and O–H groups in total. The van der Waals surface area contributed by atoms with Gasteiger partial charge in [0.25, 0.3) is 0 Å². The van der Waals surface area contributed by atoms with E-state index in [2.05, 4.69) is 4.98 Å². The molecule has 136 valence electrons. The highest BCUT2D eigenvalue weighted by atomic mass is 32.1. The Kier molecular flexibility index (Phi) is 4.48. The zero-order valence-corrected chi connectivity index (χ0v) is 15.3. The zero-order chi connectivity index (χ0) is 18.3. The highest BCUT2D eigenvalue weighted by Gasteiger charge is 2.51. The summed E-state index contributed by atoms with van der Waals surface area (Å²) in [5, 5.41) is 0.694. The second-order valence-electron chi connectivity index (χ2n) is 6.90. The average molecular weight is 372 g/mol. The Morgan fingerprint density at radius 3 is 2.54 bits per heavy atom. The summed E-state index contributed by atoms with van der Waals surface area (Å²) in [4.78, 5) is 43.1. The van der Waals surface area contributed by atoms with Gasteiger partial charge in [0, 0.05) is 0 Å². The van der Waals surface area contributed by atoms with Gasteiger partial charge < -0.3 is 4.74 Å². The molecule has 0 spiro atoms. The number of fused-ring (bicyclic) bond motifs is 2. The number of likely N-dealkylation sites (tertiary alicyclic amines) is 1. The fraction of sp³-hybridized carbons (Fsp3) is 0.474. The van der Waals surface area contributed by atoms with Crippen LogP contribution in [-0.2, 0) is 25.7 Å². The third kappa shape index (κ3) is 2.90. The second kappa shape index (κ2) is 6.79. The number of thiazole rings is 1. The minimum absolute atomic E-state index is 0.0472. The van der Waals surface area contributed by atoms with Gasteiger partial charge in [-0.05, 0) is 31.9 Å². The fourth-order valence-corrected chi connectivity index (χ4v) is 4.79. The monoisotopic (exact) mass is 372 g/mol. The third-order valence-corrected chi connectivity index (χ3v) is 6.29. The first kappa shape index (κ1) is 17.1. The molecule has 1 aromatic carbocycles. The summed E-state index contributed by atoms with van der Waals surface area (Å²) in [7, 11) is 0. The molecule has 0 bridgehead atoms. The van der Waals surface area contributed by atoms with Crippen LogP contribution in [0.15, 0.2) is 24.3 Å². The summed E-state index contributed by atoms with van der Waals surface area (Å²) in [6.07, 6.45) is 3.40. The number of rotatable bonds is 4. The number of esters is 1. The van der Waals surface area contributed by atoms with Gasteiger partial charge in [-0.1, -0.05) is 25.0 Å². The molecule has 1 saturated heterocycles.